The fraction of sp³-hybridized carbons (Fsp3) is 0.188. The molecular formula is C32H24N2O5. The molecule has 3 aliphatic carbocycles. The highest BCUT2D eigenvalue weighted by atomic mass is 16.5. The molecule has 4 aromatic rings. The Hall–Kier alpha value is -4.78. The molecule has 39 heavy (non-hydrogen) atoms. The zero-order valence-electron chi connectivity index (χ0n) is 21.1. The van der Waals surface area contributed by atoms with Crippen molar-refractivity contribution in [3.05, 3.63) is 119 Å². The van der Waals surface area contributed by atoms with Gasteiger partial charge < -0.3 is 9.15 Å². The second kappa shape index (κ2) is 8.91. The molecule has 1 aliphatic heterocycles. The van der Waals surface area contributed by atoms with Gasteiger partial charge in [-0.25, -0.2) is 4.79 Å². The van der Waals surface area contributed by atoms with E-state index in [0.29, 0.717) is 23.7 Å². The topological polar surface area (TPSA) is 89.2 Å². The zero-order valence-corrected chi connectivity index (χ0v) is 21.1. The molecule has 0 radical (unpaired) electrons. The van der Waals surface area contributed by atoms with Crippen LogP contribution in [0.25, 0.3) is 11.3 Å². The van der Waals surface area contributed by atoms with Crippen molar-refractivity contribution in [3.8, 4) is 11.3 Å². The lowest BCUT2D eigenvalue weighted by Gasteiger charge is -2.45. The minimum absolute atomic E-state index is 0.170. The number of imide groups is 1. The normalized spacial score (nSPS) is 22.6. The number of ether oxygens (including phenoxy) is 1. The maximum absolute atomic E-state index is 13.7. The summed E-state index contributed by atoms with van der Waals surface area (Å²) in [6.07, 6.45) is 1.41. The molecule has 2 heterocycles. The molecule has 0 unspecified atom stereocenters. The van der Waals surface area contributed by atoms with E-state index in [2.05, 4.69) is 29.4 Å². The van der Waals surface area contributed by atoms with Crippen LogP contribution in [0.3, 0.4) is 0 Å². The molecule has 2 bridgehead atoms. The summed E-state index contributed by atoms with van der Waals surface area (Å²) in [5.74, 6) is -1.24. The van der Waals surface area contributed by atoms with Gasteiger partial charge in [-0.15, -0.1) is 0 Å². The predicted octanol–water partition coefficient (Wildman–Crippen LogP) is 5.35. The molecule has 7 heteroatoms. The second-order valence-electron chi connectivity index (χ2n) is 10.00. The molecule has 1 saturated heterocycles. The van der Waals surface area contributed by atoms with Crippen molar-refractivity contribution in [1.29, 1.82) is 0 Å². The van der Waals surface area contributed by atoms with Crippen LogP contribution in [0.4, 0.5) is 0 Å². The number of rotatable bonds is 5. The number of carbonyl (C=O) groups is 3. The lowest BCUT2D eigenvalue weighted by Crippen LogP contribution is -2.41. The van der Waals surface area contributed by atoms with Crippen LogP contribution in [0, 0.1) is 11.8 Å². The van der Waals surface area contributed by atoms with Gasteiger partial charge in [0.15, 0.2) is 0 Å². The molecule has 8 rings (SSSR count). The molecule has 0 spiro atoms. The number of amides is 2. The van der Waals surface area contributed by atoms with E-state index in [9.17, 15) is 14.4 Å². The number of benzene rings is 3. The number of hydrogen-bond acceptors (Lipinski definition) is 6. The van der Waals surface area contributed by atoms with Gasteiger partial charge in [0.2, 0.25) is 0 Å². The van der Waals surface area contributed by atoms with Gasteiger partial charge in [-0.05, 0) is 53.4 Å². The molecule has 0 saturated carbocycles. The van der Waals surface area contributed by atoms with Gasteiger partial charge >= 0.3 is 5.97 Å². The first-order valence-corrected chi connectivity index (χ1v) is 13.0. The van der Waals surface area contributed by atoms with Gasteiger partial charge in [0.25, 0.3) is 11.8 Å². The van der Waals surface area contributed by atoms with Crippen LogP contribution >= 0.6 is 0 Å². The number of esters is 1. The Balaban J connectivity index is 1.16. The molecule has 1 fully saturated rings. The summed E-state index contributed by atoms with van der Waals surface area (Å²) in [6, 6.07) is 26.7. The van der Waals surface area contributed by atoms with Gasteiger partial charge in [-0.3, -0.25) is 9.59 Å². The summed E-state index contributed by atoms with van der Waals surface area (Å²) in [5.41, 5.74) is 5.73. The Morgan fingerprint density at radius 1 is 0.821 bits per heavy atom. The molecule has 192 valence electrons. The molecular weight excluding hydrogens is 492 g/mol. The molecule has 7 nitrogen and oxygen atoms in total. The first kappa shape index (κ1) is 23.3. The monoisotopic (exact) mass is 516 g/mol. The Labute approximate surface area is 224 Å². The van der Waals surface area contributed by atoms with Crippen molar-refractivity contribution in [2.75, 3.05) is 6.61 Å². The fourth-order valence-corrected chi connectivity index (χ4v) is 6.45. The molecule has 2 atom stereocenters. The van der Waals surface area contributed by atoms with Crippen LogP contribution in [0.15, 0.2) is 94.4 Å². The van der Waals surface area contributed by atoms with Crippen molar-refractivity contribution >= 4 is 24.0 Å². The maximum atomic E-state index is 13.7. The minimum atomic E-state index is -0.477. The van der Waals surface area contributed by atoms with Gasteiger partial charge in [0.1, 0.15) is 11.5 Å². The number of nitrogens with zero attached hydrogens (tertiary/aromatic N) is 2. The van der Waals surface area contributed by atoms with Gasteiger partial charge in [0.05, 0.1) is 30.2 Å². The Bertz CT molecular complexity index is 1550. The predicted molar refractivity (Wildman–Crippen MR) is 143 cm³/mol. The summed E-state index contributed by atoms with van der Waals surface area (Å²) in [6.45, 7) is 2.07. The van der Waals surface area contributed by atoms with Gasteiger partial charge in [0, 0.05) is 17.4 Å². The van der Waals surface area contributed by atoms with E-state index in [-0.39, 0.29) is 29.6 Å². The van der Waals surface area contributed by atoms with E-state index in [1.165, 1.54) is 6.21 Å². The van der Waals surface area contributed by atoms with E-state index in [1.807, 2.05) is 24.3 Å². The van der Waals surface area contributed by atoms with Crippen LogP contribution in [0.5, 0.6) is 0 Å². The highest BCUT2D eigenvalue weighted by Crippen LogP contribution is 2.60. The van der Waals surface area contributed by atoms with Gasteiger partial charge in [-0.2, -0.15) is 10.1 Å². The standard InChI is InChI=1S/C32H24N2O5/c1-2-38-32(37)19-13-11-18(12-14-19)25-16-15-20(39-25)17-33-34-30(35)28-26-21-7-3-4-8-22(21)27(29(28)31(34)36)24-10-6-5-9-23(24)26/h3-17,26-29H,2H2,1H3/b33-17-/t26?,27?,28-,29-/m0/s1. The van der Waals surface area contributed by atoms with Crippen LogP contribution < -0.4 is 0 Å². The van der Waals surface area contributed by atoms with E-state index in [4.69, 9.17) is 9.15 Å². The number of furan rings is 1. The van der Waals surface area contributed by atoms with Crippen LogP contribution in [-0.2, 0) is 14.3 Å². The summed E-state index contributed by atoms with van der Waals surface area (Å²) in [4.78, 5) is 39.2. The van der Waals surface area contributed by atoms with Crippen LogP contribution in [-0.4, -0.2) is 35.6 Å². The third-order valence-electron chi connectivity index (χ3n) is 8.03. The van der Waals surface area contributed by atoms with Crippen molar-refractivity contribution in [3.63, 3.8) is 0 Å². The molecule has 3 aromatic carbocycles. The van der Waals surface area contributed by atoms with Crippen molar-refractivity contribution in [2.24, 2.45) is 16.9 Å². The Morgan fingerprint density at radius 2 is 1.36 bits per heavy atom. The Morgan fingerprint density at radius 3 is 1.87 bits per heavy atom. The van der Waals surface area contributed by atoms with E-state index < -0.39 is 11.8 Å². The van der Waals surface area contributed by atoms with E-state index in [1.54, 1.807) is 43.3 Å². The first-order chi connectivity index (χ1) is 19.1. The third kappa shape index (κ3) is 3.50. The number of hydrogen-bond donors (Lipinski definition) is 0. The van der Waals surface area contributed by atoms with E-state index in [0.717, 1.165) is 32.8 Å². The lowest BCUT2D eigenvalue weighted by atomic mass is 9.55. The summed E-state index contributed by atoms with van der Waals surface area (Å²) in [5, 5.41) is 5.35. The van der Waals surface area contributed by atoms with Crippen molar-refractivity contribution < 1.29 is 23.5 Å². The molecule has 4 aliphatic rings. The third-order valence-corrected chi connectivity index (χ3v) is 8.03. The second-order valence-corrected chi connectivity index (χ2v) is 10.00. The first-order valence-electron chi connectivity index (χ1n) is 13.0. The van der Waals surface area contributed by atoms with Crippen molar-refractivity contribution in [2.45, 2.75) is 18.8 Å². The van der Waals surface area contributed by atoms with Gasteiger partial charge in [-0.1, -0.05) is 60.7 Å². The number of hydrazone groups is 1. The highest BCUT2D eigenvalue weighted by Gasteiger charge is 2.61. The minimum Gasteiger partial charge on any atom is -0.462 e. The SMILES string of the molecule is CCOC(=O)c1ccc(-c2ccc(/C=N\N3C(=O)[C@H]4C5c6ccccc6C(c6ccccc65)[C@@H]4C3=O)o2)cc1. The van der Waals surface area contributed by atoms with Crippen LogP contribution in [0.1, 0.15) is 57.1 Å². The average Bonchev–Trinajstić information content (AvgIpc) is 3.55. The summed E-state index contributed by atoms with van der Waals surface area (Å²) >= 11 is 0. The fourth-order valence-electron chi connectivity index (χ4n) is 6.45. The zero-order chi connectivity index (χ0) is 26.7. The molecule has 2 amide bonds. The maximum Gasteiger partial charge on any atom is 0.338 e. The summed E-state index contributed by atoms with van der Waals surface area (Å²) < 4.78 is 10.9. The summed E-state index contributed by atoms with van der Waals surface area (Å²) in [7, 11) is 0. The lowest BCUT2D eigenvalue weighted by molar-refractivity contribution is -0.139. The number of carbonyl (C=O) groups excluding carboxylic acids is 3. The molecule has 0 N–H and O–H groups in total. The highest BCUT2D eigenvalue weighted by molar-refractivity contribution is 6.08. The van der Waals surface area contributed by atoms with E-state index >= 15 is 0 Å². The average molecular weight is 517 g/mol. The smallest absolute Gasteiger partial charge is 0.338 e. The van der Waals surface area contributed by atoms with Crippen LogP contribution in [0.2, 0.25) is 0 Å². The largest absolute Gasteiger partial charge is 0.462 e. The quantitative estimate of drug-likeness (QED) is 0.203. The Kier molecular flexibility index (Phi) is 5.33. The van der Waals surface area contributed by atoms with Crippen molar-refractivity contribution in [1.82, 2.24) is 5.01 Å². The molecule has 1 aromatic heterocycles.